The number of hydrogen-bond acceptors (Lipinski definition) is 8. The molecule has 3 aromatic rings. The zero-order valence-electron chi connectivity index (χ0n) is 21.2. The van der Waals surface area contributed by atoms with Crippen LogP contribution in [0.4, 0.5) is 18.9 Å². The second kappa shape index (κ2) is 12.7. The Balaban J connectivity index is 0.000000244. The van der Waals surface area contributed by atoms with E-state index >= 15 is 0 Å². The van der Waals surface area contributed by atoms with Crippen molar-refractivity contribution in [1.29, 1.82) is 10.5 Å². The number of hydrogen-bond donors (Lipinski definition) is 0. The molecule has 0 unspecified atom stereocenters. The van der Waals surface area contributed by atoms with Crippen molar-refractivity contribution in [1.82, 2.24) is 14.5 Å². The number of anilines is 1. The molecule has 0 N–H and O–H groups in total. The average Bonchev–Trinajstić information content (AvgIpc) is 2.91. The SMILES string of the molecule is CN(c1c(C#N)c(=O)n(C)c2ccc(C#N)nc12)C1CCCCC1.Cc1nc(F)ccc1/C=N/OC(F)F. The molecule has 38 heavy (non-hydrogen) atoms. The molecule has 3 heterocycles. The highest BCUT2D eigenvalue weighted by atomic mass is 19.3. The smallest absolute Gasteiger partial charge is 0.369 e. The van der Waals surface area contributed by atoms with Crippen molar-refractivity contribution in [3.63, 3.8) is 0 Å². The summed E-state index contributed by atoms with van der Waals surface area (Å²) in [7, 11) is 3.55. The molecule has 3 aromatic heterocycles. The molecular formula is C26H26F3N7O2. The third kappa shape index (κ3) is 6.45. The molecule has 1 fully saturated rings. The lowest BCUT2D eigenvalue weighted by Crippen LogP contribution is -2.36. The van der Waals surface area contributed by atoms with Gasteiger partial charge in [-0.15, -0.1) is 0 Å². The summed E-state index contributed by atoms with van der Waals surface area (Å²) in [6.45, 7) is -1.42. The number of nitriles is 2. The quantitative estimate of drug-likeness (QED) is 0.272. The van der Waals surface area contributed by atoms with E-state index < -0.39 is 12.6 Å². The summed E-state index contributed by atoms with van der Waals surface area (Å²) in [5.74, 6) is -0.630. The lowest BCUT2D eigenvalue weighted by Gasteiger charge is -2.33. The first-order chi connectivity index (χ1) is 18.2. The molecule has 198 valence electrons. The summed E-state index contributed by atoms with van der Waals surface area (Å²) in [5, 5.41) is 21.7. The molecule has 0 atom stereocenters. The van der Waals surface area contributed by atoms with Crippen molar-refractivity contribution >= 4 is 22.9 Å². The summed E-state index contributed by atoms with van der Waals surface area (Å²) < 4.78 is 36.9. The van der Waals surface area contributed by atoms with Crippen molar-refractivity contribution in [3.8, 4) is 12.1 Å². The van der Waals surface area contributed by atoms with Crippen LogP contribution in [0.5, 0.6) is 0 Å². The van der Waals surface area contributed by atoms with Gasteiger partial charge in [-0.1, -0.05) is 24.4 Å². The summed E-state index contributed by atoms with van der Waals surface area (Å²) >= 11 is 0. The second-order valence-electron chi connectivity index (χ2n) is 8.69. The van der Waals surface area contributed by atoms with Crippen LogP contribution in [0.25, 0.3) is 11.0 Å². The fourth-order valence-electron chi connectivity index (χ4n) is 4.36. The number of nitrogens with zero attached hydrogens (tertiary/aromatic N) is 7. The summed E-state index contributed by atoms with van der Waals surface area (Å²) in [6, 6.07) is 10.2. The maximum atomic E-state index is 12.6. The molecule has 4 rings (SSSR count). The molecule has 0 bridgehead atoms. The molecule has 1 saturated carbocycles. The Morgan fingerprint density at radius 2 is 1.87 bits per heavy atom. The molecule has 0 spiro atoms. The van der Waals surface area contributed by atoms with Gasteiger partial charge in [-0.25, -0.2) is 9.97 Å². The molecule has 1 aliphatic carbocycles. The van der Waals surface area contributed by atoms with Gasteiger partial charge in [0.15, 0.2) is 0 Å². The number of aryl methyl sites for hydroxylation is 2. The van der Waals surface area contributed by atoms with Crippen molar-refractivity contribution < 1.29 is 18.0 Å². The van der Waals surface area contributed by atoms with Crippen LogP contribution in [0.15, 0.2) is 34.2 Å². The van der Waals surface area contributed by atoms with E-state index in [1.807, 2.05) is 18.0 Å². The number of fused-ring (bicyclic) bond motifs is 1. The van der Waals surface area contributed by atoms with Gasteiger partial charge >= 0.3 is 6.61 Å². The number of oxime groups is 1. The van der Waals surface area contributed by atoms with Gasteiger partial charge in [0.05, 0.1) is 17.4 Å². The first-order valence-electron chi connectivity index (χ1n) is 11.8. The van der Waals surface area contributed by atoms with Crippen LogP contribution in [0.2, 0.25) is 0 Å². The highest BCUT2D eigenvalue weighted by Crippen LogP contribution is 2.32. The minimum Gasteiger partial charge on any atom is -0.369 e. The molecule has 0 aromatic carbocycles. The number of pyridine rings is 3. The lowest BCUT2D eigenvalue weighted by molar-refractivity contribution is -0.127. The predicted octanol–water partition coefficient (Wildman–Crippen LogP) is 4.55. The van der Waals surface area contributed by atoms with E-state index in [4.69, 9.17) is 5.26 Å². The van der Waals surface area contributed by atoms with Crippen molar-refractivity contribution in [2.45, 2.75) is 51.7 Å². The number of alkyl halides is 2. The van der Waals surface area contributed by atoms with Crippen LogP contribution in [0.1, 0.15) is 54.6 Å². The Bertz CT molecular complexity index is 1470. The van der Waals surface area contributed by atoms with E-state index in [-0.39, 0.29) is 22.9 Å². The largest absolute Gasteiger partial charge is 0.407 e. The molecule has 12 heteroatoms. The standard InChI is InChI=1S/C18H19N5O.C8H7F3N2O/c1-22(13-6-4-3-5-7-13)17-14(11-20)18(24)23(2)15-9-8-12(10-19)21-16(15)17;1-5-6(2-3-7(9)13-5)4-12-14-8(10)11/h8-9,13H,3-7H2,1-2H3;2-4,8H,1H3/b;12-4+. The van der Waals surface area contributed by atoms with Crippen LogP contribution >= 0.6 is 0 Å². The summed E-state index contributed by atoms with van der Waals surface area (Å²) in [5.41, 5.74) is 2.56. The van der Waals surface area contributed by atoms with E-state index in [0.29, 0.717) is 28.0 Å². The molecule has 0 aliphatic heterocycles. The minimum atomic E-state index is -2.96. The van der Waals surface area contributed by atoms with E-state index in [0.717, 1.165) is 38.0 Å². The van der Waals surface area contributed by atoms with Crippen molar-refractivity contribution in [2.24, 2.45) is 12.2 Å². The zero-order chi connectivity index (χ0) is 27.8. The zero-order valence-corrected chi connectivity index (χ0v) is 21.2. The van der Waals surface area contributed by atoms with Crippen molar-refractivity contribution in [3.05, 3.63) is 63.1 Å². The molecule has 1 aliphatic rings. The Morgan fingerprint density at radius 3 is 2.47 bits per heavy atom. The molecule has 9 nitrogen and oxygen atoms in total. The highest BCUT2D eigenvalue weighted by Gasteiger charge is 2.25. The number of rotatable bonds is 5. The Kier molecular flexibility index (Phi) is 9.39. The minimum absolute atomic E-state index is 0.0978. The third-order valence-corrected chi connectivity index (χ3v) is 6.34. The maximum Gasteiger partial charge on any atom is 0.407 e. The van der Waals surface area contributed by atoms with E-state index in [9.17, 15) is 23.2 Å². The maximum absolute atomic E-state index is 12.6. The van der Waals surface area contributed by atoms with Gasteiger partial charge in [-0.2, -0.15) is 23.7 Å². The van der Waals surface area contributed by atoms with Gasteiger partial charge < -0.3 is 14.3 Å². The first kappa shape index (κ1) is 28.1. The van der Waals surface area contributed by atoms with Crippen LogP contribution < -0.4 is 10.5 Å². The lowest BCUT2D eigenvalue weighted by atomic mass is 9.93. The number of aromatic nitrogens is 3. The highest BCUT2D eigenvalue weighted by molar-refractivity contribution is 5.92. The molecule has 0 saturated heterocycles. The second-order valence-corrected chi connectivity index (χ2v) is 8.69. The van der Waals surface area contributed by atoms with Gasteiger partial charge in [0.2, 0.25) is 5.95 Å². The van der Waals surface area contributed by atoms with E-state index in [1.54, 1.807) is 19.2 Å². The van der Waals surface area contributed by atoms with Crippen LogP contribution in [-0.4, -0.2) is 40.5 Å². The normalized spacial score (nSPS) is 13.6. The topological polar surface area (TPSA) is 120 Å². The molecule has 0 amide bonds. The predicted molar refractivity (Wildman–Crippen MR) is 135 cm³/mol. The third-order valence-electron chi connectivity index (χ3n) is 6.34. The van der Waals surface area contributed by atoms with Gasteiger partial charge in [-0.3, -0.25) is 4.79 Å². The van der Waals surface area contributed by atoms with E-state index in [1.165, 1.54) is 24.0 Å². The van der Waals surface area contributed by atoms with Gasteiger partial charge in [-0.05, 0) is 44.0 Å². The summed E-state index contributed by atoms with van der Waals surface area (Å²) in [4.78, 5) is 26.1. The fraction of sp³-hybridized carbons (Fsp3) is 0.385. The Hall–Kier alpha value is -4.45. The first-order valence-corrected chi connectivity index (χ1v) is 11.8. The van der Waals surface area contributed by atoms with Gasteiger partial charge in [0, 0.05) is 31.4 Å². The van der Waals surface area contributed by atoms with Crippen LogP contribution in [-0.2, 0) is 11.9 Å². The Labute approximate surface area is 217 Å². The van der Waals surface area contributed by atoms with Gasteiger partial charge in [0.1, 0.15) is 28.9 Å². The van der Waals surface area contributed by atoms with Gasteiger partial charge in [0.25, 0.3) is 5.56 Å². The van der Waals surface area contributed by atoms with Crippen LogP contribution in [0, 0.1) is 35.5 Å². The molecular weight excluding hydrogens is 499 g/mol. The van der Waals surface area contributed by atoms with Crippen molar-refractivity contribution in [2.75, 3.05) is 11.9 Å². The monoisotopic (exact) mass is 525 g/mol. The fourth-order valence-corrected chi connectivity index (χ4v) is 4.36. The number of halogens is 3. The Morgan fingerprint density at radius 1 is 1.16 bits per heavy atom. The van der Waals surface area contributed by atoms with Crippen LogP contribution in [0.3, 0.4) is 0 Å². The summed E-state index contributed by atoms with van der Waals surface area (Å²) in [6.07, 6.45) is 6.65. The average molecular weight is 526 g/mol. The van der Waals surface area contributed by atoms with E-state index in [2.05, 4.69) is 26.0 Å². The molecule has 0 radical (unpaired) electrons.